The van der Waals surface area contributed by atoms with Crippen LogP contribution in [0.1, 0.15) is 22.8 Å². The Hall–Kier alpha value is -2.86. The Morgan fingerprint density at radius 2 is 2.04 bits per heavy atom. The van der Waals surface area contributed by atoms with Gasteiger partial charge in [-0.1, -0.05) is 53.7 Å². The zero-order valence-corrected chi connectivity index (χ0v) is 16.9. The number of nitrogens with zero attached hydrogens (tertiary/aromatic N) is 3. The van der Waals surface area contributed by atoms with Crippen LogP contribution in [0.15, 0.2) is 66.3 Å². The molecule has 144 valence electrons. The molecule has 0 fully saturated rings. The maximum atomic E-state index is 11.7. The Bertz CT molecular complexity index is 981. The molecule has 0 aliphatic heterocycles. The highest BCUT2D eigenvalue weighted by molar-refractivity contribution is 7.99. The minimum atomic E-state index is -0.00299. The van der Waals surface area contributed by atoms with E-state index in [0.29, 0.717) is 30.2 Å². The van der Waals surface area contributed by atoms with Crippen molar-refractivity contribution in [2.45, 2.75) is 25.5 Å². The van der Waals surface area contributed by atoms with Crippen molar-refractivity contribution in [3.05, 3.63) is 72.3 Å². The summed E-state index contributed by atoms with van der Waals surface area (Å²) < 4.78 is 7.86. The van der Waals surface area contributed by atoms with Crippen LogP contribution < -0.4 is 4.74 Å². The molecule has 0 atom stereocenters. The molecule has 0 bridgehead atoms. The summed E-state index contributed by atoms with van der Waals surface area (Å²) >= 11 is 1.57. The molecular weight excluding hydrogens is 370 g/mol. The lowest BCUT2D eigenvalue weighted by Gasteiger charge is -2.10. The number of hydrogen-bond acceptors (Lipinski definition) is 5. The van der Waals surface area contributed by atoms with Gasteiger partial charge in [0.25, 0.3) is 0 Å². The van der Waals surface area contributed by atoms with Gasteiger partial charge < -0.3 is 4.74 Å². The van der Waals surface area contributed by atoms with E-state index in [-0.39, 0.29) is 5.78 Å². The van der Waals surface area contributed by atoms with Crippen LogP contribution in [-0.4, -0.2) is 32.9 Å². The summed E-state index contributed by atoms with van der Waals surface area (Å²) in [5.74, 6) is 2.13. The molecule has 2 aromatic carbocycles. The first kappa shape index (κ1) is 19.9. The van der Waals surface area contributed by atoms with E-state index in [1.807, 2.05) is 36.4 Å². The summed E-state index contributed by atoms with van der Waals surface area (Å²) in [5.41, 5.74) is 2.81. The number of ether oxygens (including phenoxy) is 1. The minimum absolute atomic E-state index is 0.00299. The highest BCUT2D eigenvalue weighted by Gasteiger charge is 2.14. The van der Waals surface area contributed by atoms with E-state index in [2.05, 4.69) is 40.4 Å². The first-order chi connectivity index (χ1) is 13.6. The van der Waals surface area contributed by atoms with Gasteiger partial charge in [-0.15, -0.1) is 16.8 Å². The number of ketones is 1. The van der Waals surface area contributed by atoms with Crippen LogP contribution in [0.3, 0.4) is 0 Å². The van der Waals surface area contributed by atoms with E-state index in [0.717, 1.165) is 16.5 Å². The van der Waals surface area contributed by atoms with Gasteiger partial charge in [-0.05, 0) is 32.0 Å². The third-order valence-electron chi connectivity index (χ3n) is 4.14. The fourth-order valence-electron chi connectivity index (χ4n) is 2.85. The van der Waals surface area contributed by atoms with E-state index in [4.69, 9.17) is 4.74 Å². The zero-order valence-electron chi connectivity index (χ0n) is 16.1. The second-order valence-corrected chi connectivity index (χ2v) is 7.39. The molecule has 0 N–H and O–H groups in total. The van der Waals surface area contributed by atoms with Crippen LogP contribution in [0.2, 0.25) is 0 Å². The lowest BCUT2D eigenvalue weighted by molar-refractivity contribution is 0.101. The molecule has 0 saturated carbocycles. The van der Waals surface area contributed by atoms with Crippen LogP contribution in [0, 0.1) is 6.92 Å². The third-order valence-corrected chi connectivity index (χ3v) is 5.07. The van der Waals surface area contributed by atoms with Crippen molar-refractivity contribution < 1.29 is 9.53 Å². The van der Waals surface area contributed by atoms with Crippen LogP contribution in [0.4, 0.5) is 0 Å². The Balaban J connectivity index is 1.68. The zero-order chi connectivity index (χ0) is 19.9. The molecule has 5 nitrogen and oxygen atoms in total. The van der Waals surface area contributed by atoms with Gasteiger partial charge in [-0.2, -0.15) is 0 Å². The van der Waals surface area contributed by atoms with Crippen LogP contribution in [0.5, 0.6) is 5.75 Å². The summed E-state index contributed by atoms with van der Waals surface area (Å²) in [7, 11) is 0. The lowest BCUT2D eigenvalue weighted by atomic mass is 10.1. The quantitative estimate of drug-likeness (QED) is 0.226. The molecule has 3 aromatic rings. The van der Waals surface area contributed by atoms with Crippen molar-refractivity contribution in [1.82, 2.24) is 14.8 Å². The summed E-state index contributed by atoms with van der Waals surface area (Å²) in [4.78, 5) is 11.7. The maximum absolute atomic E-state index is 11.7. The molecule has 0 aliphatic rings. The number of thioether (sulfide) groups is 1. The number of aromatic nitrogens is 3. The van der Waals surface area contributed by atoms with Gasteiger partial charge in [0.05, 0.1) is 12.2 Å². The highest BCUT2D eigenvalue weighted by atomic mass is 32.2. The van der Waals surface area contributed by atoms with E-state index in [1.54, 1.807) is 24.8 Å². The predicted octanol–water partition coefficient (Wildman–Crippen LogP) is 4.81. The van der Waals surface area contributed by atoms with Crippen molar-refractivity contribution in [3.8, 4) is 17.1 Å². The minimum Gasteiger partial charge on any atom is -0.492 e. The molecule has 0 spiro atoms. The largest absolute Gasteiger partial charge is 0.492 e. The van der Waals surface area contributed by atoms with Gasteiger partial charge >= 0.3 is 0 Å². The van der Waals surface area contributed by atoms with E-state index < -0.39 is 0 Å². The molecule has 6 heteroatoms. The molecule has 3 rings (SSSR count). The standard InChI is InChI=1S/C22H23N3O2S/c1-4-12-25-21(18-9-7-8-16(2)15-18)23-24-22(25)28-14-13-27-20-11-6-5-10-19(20)17(3)26/h4-11,15H,1,12-14H2,2-3H3. The Morgan fingerprint density at radius 1 is 1.21 bits per heavy atom. The number of carbonyl (C=O) groups excluding carboxylic acids is 1. The number of hydrogen-bond donors (Lipinski definition) is 0. The van der Waals surface area contributed by atoms with E-state index >= 15 is 0 Å². The molecule has 0 unspecified atom stereocenters. The monoisotopic (exact) mass is 393 g/mol. The average Bonchev–Trinajstić information content (AvgIpc) is 3.08. The first-order valence-electron chi connectivity index (χ1n) is 9.07. The molecule has 28 heavy (non-hydrogen) atoms. The Kier molecular flexibility index (Phi) is 6.66. The molecular formula is C22H23N3O2S. The Morgan fingerprint density at radius 3 is 2.79 bits per heavy atom. The normalized spacial score (nSPS) is 10.6. The highest BCUT2D eigenvalue weighted by Crippen LogP contribution is 2.25. The summed E-state index contributed by atoms with van der Waals surface area (Å²) in [6.07, 6.45) is 1.84. The van der Waals surface area contributed by atoms with Crippen LogP contribution >= 0.6 is 11.8 Å². The predicted molar refractivity (Wildman–Crippen MR) is 113 cm³/mol. The average molecular weight is 394 g/mol. The molecule has 0 radical (unpaired) electrons. The number of para-hydroxylation sites is 1. The van der Waals surface area contributed by atoms with Gasteiger partial charge in [0, 0.05) is 17.9 Å². The van der Waals surface area contributed by atoms with Crippen LogP contribution in [0.25, 0.3) is 11.4 Å². The third kappa shape index (κ3) is 4.70. The second-order valence-electron chi connectivity index (χ2n) is 6.32. The van der Waals surface area contributed by atoms with Gasteiger partial charge in [0.2, 0.25) is 0 Å². The summed E-state index contributed by atoms with van der Waals surface area (Å²) in [5, 5.41) is 9.55. The van der Waals surface area contributed by atoms with Gasteiger partial charge in [-0.25, -0.2) is 0 Å². The fraction of sp³-hybridized carbons (Fsp3) is 0.227. The van der Waals surface area contributed by atoms with Crippen LogP contribution in [-0.2, 0) is 6.54 Å². The molecule has 0 aliphatic carbocycles. The number of Topliss-reactive ketones (excluding diaryl/α,β-unsaturated/α-hetero) is 1. The lowest BCUT2D eigenvalue weighted by Crippen LogP contribution is -2.06. The topological polar surface area (TPSA) is 57.0 Å². The molecule has 0 amide bonds. The van der Waals surface area contributed by atoms with Gasteiger partial charge in [0.1, 0.15) is 5.75 Å². The number of allylic oxidation sites excluding steroid dienone is 1. The van der Waals surface area contributed by atoms with Crippen molar-refractivity contribution in [1.29, 1.82) is 0 Å². The smallest absolute Gasteiger partial charge is 0.191 e. The summed E-state index contributed by atoms with van der Waals surface area (Å²) in [6.45, 7) is 8.55. The SMILES string of the molecule is C=CCn1c(SCCOc2ccccc2C(C)=O)nnc1-c1cccc(C)c1. The van der Waals surface area contributed by atoms with E-state index in [1.165, 1.54) is 5.56 Å². The number of rotatable bonds is 9. The van der Waals surface area contributed by atoms with Crippen molar-refractivity contribution in [2.24, 2.45) is 0 Å². The molecule has 0 saturated heterocycles. The maximum Gasteiger partial charge on any atom is 0.191 e. The first-order valence-corrected chi connectivity index (χ1v) is 10.1. The summed E-state index contributed by atoms with van der Waals surface area (Å²) in [6, 6.07) is 15.5. The van der Waals surface area contributed by atoms with Crippen molar-refractivity contribution >= 4 is 17.5 Å². The van der Waals surface area contributed by atoms with Crippen molar-refractivity contribution in [3.63, 3.8) is 0 Å². The number of carbonyl (C=O) groups is 1. The number of aryl methyl sites for hydroxylation is 1. The fourth-order valence-corrected chi connectivity index (χ4v) is 3.62. The molecule has 1 aromatic heterocycles. The van der Waals surface area contributed by atoms with Crippen molar-refractivity contribution in [2.75, 3.05) is 12.4 Å². The van der Waals surface area contributed by atoms with E-state index in [9.17, 15) is 4.79 Å². The van der Waals surface area contributed by atoms with Gasteiger partial charge in [-0.3, -0.25) is 9.36 Å². The van der Waals surface area contributed by atoms with Gasteiger partial charge in [0.15, 0.2) is 16.8 Å². The second kappa shape index (κ2) is 9.37. The molecule has 1 heterocycles. The number of benzene rings is 2. The Labute approximate surface area is 169 Å².